The van der Waals surface area contributed by atoms with E-state index in [4.69, 9.17) is 0 Å². The predicted octanol–water partition coefficient (Wildman–Crippen LogP) is 10.3. The number of ketones is 4. The van der Waals surface area contributed by atoms with Crippen molar-refractivity contribution in [2.45, 2.75) is 11.8 Å². The Balaban J connectivity index is 0.000000189. The topological polar surface area (TPSA) is 68.3 Å². The maximum Gasteiger partial charge on any atom is 0.193 e. The molecule has 0 saturated carbocycles. The van der Waals surface area contributed by atoms with E-state index in [9.17, 15) is 36.7 Å². The van der Waals surface area contributed by atoms with Crippen molar-refractivity contribution in [3.8, 4) is 0 Å². The molecule has 4 nitrogen and oxygen atoms in total. The quantitative estimate of drug-likeness (QED) is 0.110. The highest BCUT2D eigenvalue weighted by Crippen LogP contribution is 2.38. The van der Waals surface area contributed by atoms with E-state index in [-0.39, 0.29) is 29.6 Å². The van der Waals surface area contributed by atoms with Crippen LogP contribution in [-0.4, -0.2) is 23.1 Å². The van der Waals surface area contributed by atoms with Gasteiger partial charge in [-0.3, -0.25) is 19.2 Å². The lowest BCUT2D eigenvalue weighted by Gasteiger charge is -2.31. The summed E-state index contributed by atoms with van der Waals surface area (Å²) in [4.78, 5) is 51.1. The average molecular weight is 723 g/mol. The lowest BCUT2D eigenvalue weighted by Crippen LogP contribution is -2.35. The van der Waals surface area contributed by atoms with E-state index in [2.05, 4.69) is 0 Å². The van der Waals surface area contributed by atoms with E-state index in [0.29, 0.717) is 39.0 Å². The van der Waals surface area contributed by atoms with E-state index in [0.717, 1.165) is 5.56 Å². The van der Waals surface area contributed by atoms with Crippen LogP contribution in [0.15, 0.2) is 175 Å². The molecule has 0 amide bonds. The van der Waals surface area contributed by atoms with Crippen LogP contribution in [0.2, 0.25) is 0 Å². The van der Waals surface area contributed by atoms with Gasteiger partial charge in [0.2, 0.25) is 0 Å². The fourth-order valence-corrected chi connectivity index (χ4v) is 6.02. The fourth-order valence-electron chi connectivity index (χ4n) is 6.02. The third-order valence-electron chi connectivity index (χ3n) is 8.96. The second-order valence-electron chi connectivity index (χ2n) is 12.5. The van der Waals surface area contributed by atoms with E-state index in [1.807, 2.05) is 30.3 Å². The van der Waals surface area contributed by atoms with Gasteiger partial charge in [-0.25, -0.2) is 17.6 Å². The van der Waals surface area contributed by atoms with Gasteiger partial charge in [0.25, 0.3) is 0 Å². The van der Waals surface area contributed by atoms with Crippen molar-refractivity contribution in [1.82, 2.24) is 0 Å². The monoisotopic (exact) mass is 722 g/mol. The lowest BCUT2D eigenvalue weighted by atomic mass is 9.69. The predicted molar refractivity (Wildman–Crippen MR) is 198 cm³/mol. The van der Waals surface area contributed by atoms with E-state index in [1.165, 1.54) is 103 Å². The zero-order chi connectivity index (χ0) is 38.2. The lowest BCUT2D eigenvalue weighted by molar-refractivity contribution is 0.0913. The molecule has 6 aromatic carbocycles. The molecule has 1 aliphatic carbocycles. The summed E-state index contributed by atoms with van der Waals surface area (Å²) in [6.45, 7) is 0. The van der Waals surface area contributed by atoms with E-state index >= 15 is 0 Å². The number of halogens is 4. The molecule has 0 radical (unpaired) electrons. The minimum absolute atomic E-state index is 0.172. The summed E-state index contributed by atoms with van der Waals surface area (Å²) in [5.74, 6) is -2.68. The van der Waals surface area contributed by atoms with Crippen molar-refractivity contribution in [1.29, 1.82) is 0 Å². The summed E-state index contributed by atoms with van der Waals surface area (Å²) >= 11 is 0. The highest BCUT2D eigenvalue weighted by molar-refractivity contribution is 6.13. The van der Waals surface area contributed by atoms with Crippen LogP contribution in [0.5, 0.6) is 0 Å². The van der Waals surface area contributed by atoms with Crippen LogP contribution in [0.4, 0.5) is 17.6 Å². The van der Waals surface area contributed by atoms with Gasteiger partial charge in [0.15, 0.2) is 23.1 Å². The molecule has 54 heavy (non-hydrogen) atoms. The van der Waals surface area contributed by atoms with Gasteiger partial charge in [-0.1, -0.05) is 66.8 Å². The molecule has 1 atom stereocenters. The van der Waals surface area contributed by atoms with Gasteiger partial charge in [-0.05, 0) is 115 Å². The Bertz CT molecular complexity index is 2310. The van der Waals surface area contributed by atoms with Crippen molar-refractivity contribution in [2.24, 2.45) is 0 Å². The summed E-state index contributed by atoms with van der Waals surface area (Å²) < 4.78 is 52.4. The molecule has 0 saturated heterocycles. The number of allylic oxidation sites excluding steroid dienone is 4. The van der Waals surface area contributed by atoms with Gasteiger partial charge in [0.05, 0.1) is 5.41 Å². The summed E-state index contributed by atoms with van der Waals surface area (Å²) in [6, 6.07) is 36.8. The molecule has 8 heteroatoms. The SMILES string of the molecule is O=C(C1=CCC(C(=O)c2ccc(F)cc2)(c2ccccc2)C=C1)c1ccc(F)cc1.O=C(c1ccc(F)cc1)c1cccc(C(=O)c2ccc(F)cc2)c1. The number of hydrogen-bond donors (Lipinski definition) is 0. The fraction of sp³-hybridized carbons (Fsp3) is 0.0435. The minimum Gasteiger partial charge on any atom is -0.293 e. The van der Waals surface area contributed by atoms with Crippen LogP contribution in [-0.2, 0) is 5.41 Å². The highest BCUT2D eigenvalue weighted by Gasteiger charge is 2.39. The first-order valence-corrected chi connectivity index (χ1v) is 16.8. The number of rotatable bonds is 9. The van der Waals surface area contributed by atoms with Crippen LogP contribution in [0.25, 0.3) is 0 Å². The minimum atomic E-state index is -0.994. The van der Waals surface area contributed by atoms with Gasteiger partial charge in [0, 0.05) is 39.0 Å². The van der Waals surface area contributed by atoms with Crippen LogP contribution >= 0.6 is 0 Å². The summed E-state index contributed by atoms with van der Waals surface area (Å²) in [6.07, 6.45) is 5.40. The Morgan fingerprint density at radius 2 is 0.833 bits per heavy atom. The molecule has 0 spiro atoms. The van der Waals surface area contributed by atoms with Gasteiger partial charge in [-0.2, -0.15) is 0 Å². The molecule has 0 N–H and O–H groups in total. The molecule has 6 aromatic rings. The van der Waals surface area contributed by atoms with Crippen LogP contribution in [0.3, 0.4) is 0 Å². The van der Waals surface area contributed by atoms with Gasteiger partial charge in [-0.15, -0.1) is 0 Å². The zero-order valence-electron chi connectivity index (χ0n) is 28.5. The molecule has 0 fully saturated rings. The smallest absolute Gasteiger partial charge is 0.193 e. The van der Waals surface area contributed by atoms with Gasteiger partial charge < -0.3 is 0 Å². The maximum atomic E-state index is 13.5. The van der Waals surface area contributed by atoms with E-state index < -0.39 is 28.7 Å². The third kappa shape index (κ3) is 8.29. The standard InChI is InChI=1S/C26H18F2O2.C20H12F2O2/c27-22-10-6-18(7-11-22)24(29)19-14-16-26(17-15-19,21-4-2-1-3-5-21)25(30)20-8-12-23(28)13-9-20;21-17-8-4-13(5-9-17)19(23)15-2-1-3-16(12-15)20(24)14-6-10-18(22)11-7-14/h1-16H,17H2;1-12H. The number of carbonyl (C=O) groups is 4. The molecule has 1 aliphatic rings. The first-order valence-electron chi connectivity index (χ1n) is 16.8. The number of carbonyl (C=O) groups excluding carboxylic acids is 4. The molecular formula is C46H30F4O4. The summed E-state index contributed by atoms with van der Waals surface area (Å²) in [5, 5.41) is 0. The third-order valence-corrected chi connectivity index (χ3v) is 8.96. The molecule has 266 valence electrons. The molecule has 0 aromatic heterocycles. The first-order chi connectivity index (χ1) is 26.0. The maximum absolute atomic E-state index is 13.5. The zero-order valence-corrected chi connectivity index (χ0v) is 28.5. The van der Waals surface area contributed by atoms with Crippen LogP contribution in [0.1, 0.15) is 64.5 Å². The van der Waals surface area contributed by atoms with Crippen molar-refractivity contribution in [2.75, 3.05) is 0 Å². The van der Waals surface area contributed by atoms with Gasteiger partial charge in [0.1, 0.15) is 23.3 Å². The summed E-state index contributed by atoms with van der Waals surface area (Å²) in [7, 11) is 0. The molecule has 1 unspecified atom stereocenters. The molecule has 0 aliphatic heterocycles. The van der Waals surface area contributed by atoms with Crippen molar-refractivity contribution < 1.29 is 36.7 Å². The number of Topliss-reactive ketones (excluding diaryl/α,β-unsaturated/α-hetero) is 2. The largest absolute Gasteiger partial charge is 0.293 e. The van der Waals surface area contributed by atoms with E-state index in [1.54, 1.807) is 36.4 Å². The molecule has 7 rings (SSSR count). The Kier molecular flexibility index (Phi) is 11.1. The van der Waals surface area contributed by atoms with Crippen molar-refractivity contribution in [3.05, 3.63) is 238 Å². The molecular weight excluding hydrogens is 692 g/mol. The Labute approximate surface area is 308 Å². The Morgan fingerprint density at radius 1 is 0.426 bits per heavy atom. The van der Waals surface area contributed by atoms with Gasteiger partial charge >= 0.3 is 0 Å². The first kappa shape index (κ1) is 37.0. The summed E-state index contributed by atoms with van der Waals surface area (Å²) in [5.41, 5.74) is 2.34. The second-order valence-corrected chi connectivity index (χ2v) is 12.5. The number of benzene rings is 6. The second kappa shape index (κ2) is 16.3. The Hall–Kier alpha value is -6.80. The average Bonchev–Trinajstić information content (AvgIpc) is 3.21. The van der Waals surface area contributed by atoms with Crippen LogP contribution < -0.4 is 0 Å². The number of hydrogen-bond acceptors (Lipinski definition) is 4. The highest BCUT2D eigenvalue weighted by atomic mass is 19.1. The molecule has 0 heterocycles. The van der Waals surface area contributed by atoms with Crippen LogP contribution in [0, 0.1) is 23.3 Å². The normalized spacial score (nSPS) is 14.6. The van der Waals surface area contributed by atoms with Crippen molar-refractivity contribution in [3.63, 3.8) is 0 Å². The molecule has 0 bridgehead atoms. The Morgan fingerprint density at radius 3 is 1.24 bits per heavy atom. The van der Waals surface area contributed by atoms with Crippen molar-refractivity contribution >= 4 is 23.1 Å².